The van der Waals surface area contributed by atoms with Gasteiger partial charge in [0, 0.05) is 12.6 Å². The van der Waals surface area contributed by atoms with Crippen molar-refractivity contribution in [2.75, 3.05) is 13.1 Å². The lowest BCUT2D eigenvalue weighted by molar-refractivity contribution is 0.266. The first-order chi connectivity index (χ1) is 9.86. The monoisotopic (exact) mass is 290 g/mol. The van der Waals surface area contributed by atoms with Crippen LogP contribution in [0, 0.1) is 17.8 Å². The summed E-state index contributed by atoms with van der Waals surface area (Å²) < 4.78 is 0. The molecular weight excluding hydrogens is 256 g/mol. The van der Waals surface area contributed by atoms with Gasteiger partial charge in [-0.15, -0.1) is 0 Å². The molecule has 0 radical (unpaired) electrons. The van der Waals surface area contributed by atoms with E-state index in [0.717, 1.165) is 6.54 Å². The Morgan fingerprint density at radius 2 is 1.33 bits per heavy atom. The summed E-state index contributed by atoms with van der Waals surface area (Å²) in [5, 5.41) is 3.67. The summed E-state index contributed by atoms with van der Waals surface area (Å²) in [6.07, 6.45) is 0. The summed E-state index contributed by atoms with van der Waals surface area (Å²) in [5.41, 5.74) is 8.66. The largest absolute Gasteiger partial charge is 0.329 e. The van der Waals surface area contributed by atoms with Crippen LogP contribution in [-0.4, -0.2) is 13.1 Å². The molecule has 1 rings (SSSR count). The Kier molecular flexibility index (Phi) is 7.41. The van der Waals surface area contributed by atoms with Crippen LogP contribution in [0.25, 0.3) is 0 Å². The third kappa shape index (κ3) is 5.44. The van der Waals surface area contributed by atoms with Gasteiger partial charge in [0.15, 0.2) is 0 Å². The van der Waals surface area contributed by atoms with Crippen molar-refractivity contribution >= 4 is 0 Å². The molecular formula is C19H34N2. The van der Waals surface area contributed by atoms with Crippen LogP contribution in [0.2, 0.25) is 0 Å². The predicted octanol–water partition coefficient (Wildman–Crippen LogP) is 4.33. The second-order valence-electron chi connectivity index (χ2n) is 7.17. The Morgan fingerprint density at radius 1 is 0.857 bits per heavy atom. The van der Waals surface area contributed by atoms with E-state index < -0.39 is 0 Å². The maximum atomic E-state index is 5.98. The minimum atomic E-state index is 0.256. The summed E-state index contributed by atoms with van der Waals surface area (Å²) >= 11 is 0. The first-order valence-electron chi connectivity index (χ1n) is 8.40. The maximum absolute atomic E-state index is 5.98. The fourth-order valence-corrected chi connectivity index (χ4v) is 2.97. The molecule has 0 aliphatic heterocycles. The molecule has 2 heteroatoms. The van der Waals surface area contributed by atoms with Crippen LogP contribution in [-0.2, 0) is 0 Å². The summed E-state index contributed by atoms with van der Waals surface area (Å²) in [7, 11) is 0. The fourth-order valence-electron chi connectivity index (χ4n) is 2.97. The smallest absolute Gasteiger partial charge is 0.0444 e. The van der Waals surface area contributed by atoms with Crippen LogP contribution >= 0.6 is 0 Å². The van der Waals surface area contributed by atoms with Gasteiger partial charge in [-0.3, -0.25) is 0 Å². The standard InChI is InChI=1S/C19H34N2/c1-13(2)16-7-9-17(10-8-16)19(11-20)21-12-18(14(3)4)15(5)6/h7-10,13-15,18-19,21H,11-12,20H2,1-6H3. The Hall–Kier alpha value is -0.860. The number of rotatable bonds is 8. The van der Waals surface area contributed by atoms with Crippen LogP contribution < -0.4 is 11.1 Å². The lowest BCUT2D eigenvalue weighted by atomic mass is 9.85. The molecule has 0 aromatic heterocycles. The molecule has 0 bridgehead atoms. The topological polar surface area (TPSA) is 38.0 Å². The molecule has 0 aliphatic carbocycles. The highest BCUT2D eigenvalue weighted by Gasteiger charge is 2.19. The highest BCUT2D eigenvalue weighted by Crippen LogP contribution is 2.22. The fraction of sp³-hybridized carbons (Fsp3) is 0.684. The van der Waals surface area contributed by atoms with E-state index in [0.29, 0.717) is 30.2 Å². The Balaban J connectivity index is 2.70. The highest BCUT2D eigenvalue weighted by atomic mass is 14.9. The van der Waals surface area contributed by atoms with Crippen LogP contribution in [0.15, 0.2) is 24.3 Å². The second kappa shape index (κ2) is 8.55. The molecule has 0 saturated carbocycles. The van der Waals surface area contributed by atoms with E-state index >= 15 is 0 Å². The number of nitrogens with two attached hydrogens (primary N) is 1. The molecule has 0 spiro atoms. The molecule has 0 amide bonds. The van der Waals surface area contributed by atoms with E-state index in [-0.39, 0.29) is 6.04 Å². The zero-order valence-electron chi connectivity index (χ0n) is 14.7. The number of nitrogens with one attached hydrogen (secondary N) is 1. The molecule has 1 aromatic carbocycles. The molecule has 120 valence electrons. The number of hydrogen-bond donors (Lipinski definition) is 2. The second-order valence-corrected chi connectivity index (χ2v) is 7.17. The lowest BCUT2D eigenvalue weighted by Gasteiger charge is -2.28. The van der Waals surface area contributed by atoms with Crippen molar-refractivity contribution in [2.24, 2.45) is 23.5 Å². The minimum absolute atomic E-state index is 0.256. The van der Waals surface area contributed by atoms with Gasteiger partial charge in [0.05, 0.1) is 0 Å². The van der Waals surface area contributed by atoms with Gasteiger partial charge in [0.1, 0.15) is 0 Å². The van der Waals surface area contributed by atoms with Crippen molar-refractivity contribution in [1.29, 1.82) is 0 Å². The predicted molar refractivity (Wildman–Crippen MR) is 93.5 cm³/mol. The number of hydrogen-bond acceptors (Lipinski definition) is 2. The molecule has 0 saturated heterocycles. The normalized spacial score (nSPS) is 13.7. The number of benzene rings is 1. The summed E-state index contributed by atoms with van der Waals surface area (Å²) in [6.45, 7) is 15.4. The lowest BCUT2D eigenvalue weighted by Crippen LogP contribution is -2.35. The van der Waals surface area contributed by atoms with Gasteiger partial charge >= 0.3 is 0 Å². The van der Waals surface area contributed by atoms with Gasteiger partial charge < -0.3 is 11.1 Å². The molecule has 1 unspecified atom stereocenters. The van der Waals surface area contributed by atoms with Gasteiger partial charge in [-0.25, -0.2) is 0 Å². The van der Waals surface area contributed by atoms with Crippen molar-refractivity contribution in [3.05, 3.63) is 35.4 Å². The molecule has 1 aromatic rings. The Morgan fingerprint density at radius 3 is 1.71 bits per heavy atom. The minimum Gasteiger partial charge on any atom is -0.329 e. The zero-order chi connectivity index (χ0) is 16.0. The molecule has 0 fully saturated rings. The van der Waals surface area contributed by atoms with E-state index in [1.54, 1.807) is 0 Å². The van der Waals surface area contributed by atoms with Gasteiger partial charge in [0.2, 0.25) is 0 Å². The quantitative estimate of drug-likeness (QED) is 0.748. The average molecular weight is 290 g/mol. The van der Waals surface area contributed by atoms with Crippen LogP contribution in [0.1, 0.15) is 64.6 Å². The van der Waals surface area contributed by atoms with Crippen LogP contribution in [0.5, 0.6) is 0 Å². The van der Waals surface area contributed by atoms with E-state index in [4.69, 9.17) is 5.73 Å². The summed E-state index contributed by atoms with van der Waals surface area (Å²) in [6, 6.07) is 9.16. The highest BCUT2D eigenvalue weighted by molar-refractivity contribution is 5.27. The zero-order valence-corrected chi connectivity index (χ0v) is 14.7. The third-order valence-corrected chi connectivity index (χ3v) is 4.55. The summed E-state index contributed by atoms with van der Waals surface area (Å²) in [4.78, 5) is 0. The Bertz CT molecular complexity index is 385. The average Bonchev–Trinajstić information content (AvgIpc) is 2.43. The van der Waals surface area contributed by atoms with Crippen LogP contribution in [0.4, 0.5) is 0 Å². The van der Waals surface area contributed by atoms with Crippen molar-refractivity contribution in [2.45, 2.75) is 53.5 Å². The van der Waals surface area contributed by atoms with E-state index in [1.807, 2.05) is 0 Å². The van der Waals surface area contributed by atoms with E-state index in [9.17, 15) is 0 Å². The van der Waals surface area contributed by atoms with Gasteiger partial charge in [-0.05, 0) is 41.3 Å². The van der Waals surface area contributed by atoms with Crippen LogP contribution in [0.3, 0.4) is 0 Å². The molecule has 21 heavy (non-hydrogen) atoms. The maximum Gasteiger partial charge on any atom is 0.0444 e. The van der Waals surface area contributed by atoms with Gasteiger partial charge in [0.25, 0.3) is 0 Å². The first-order valence-corrected chi connectivity index (χ1v) is 8.40. The third-order valence-electron chi connectivity index (χ3n) is 4.55. The molecule has 0 aliphatic rings. The molecule has 0 heterocycles. The summed E-state index contributed by atoms with van der Waals surface area (Å²) in [5.74, 6) is 2.65. The first kappa shape index (κ1) is 18.2. The molecule has 1 atom stereocenters. The van der Waals surface area contributed by atoms with Crippen molar-refractivity contribution < 1.29 is 0 Å². The van der Waals surface area contributed by atoms with E-state index in [2.05, 4.69) is 71.1 Å². The van der Waals surface area contributed by atoms with Crippen molar-refractivity contribution in [1.82, 2.24) is 5.32 Å². The molecule has 3 N–H and O–H groups in total. The van der Waals surface area contributed by atoms with Gasteiger partial charge in [-0.1, -0.05) is 65.8 Å². The van der Waals surface area contributed by atoms with E-state index in [1.165, 1.54) is 11.1 Å². The SMILES string of the molecule is CC(C)c1ccc(C(CN)NCC(C(C)C)C(C)C)cc1. The molecule has 2 nitrogen and oxygen atoms in total. The van der Waals surface area contributed by atoms with Crippen molar-refractivity contribution in [3.63, 3.8) is 0 Å². The Labute approximate surface area is 131 Å². The van der Waals surface area contributed by atoms with Gasteiger partial charge in [-0.2, -0.15) is 0 Å². The van der Waals surface area contributed by atoms with Crippen molar-refractivity contribution in [3.8, 4) is 0 Å².